The lowest BCUT2D eigenvalue weighted by atomic mass is 9.82. The number of anilines is 1. The first-order valence-corrected chi connectivity index (χ1v) is 8.38. The molecule has 2 nitrogen and oxygen atoms in total. The summed E-state index contributed by atoms with van der Waals surface area (Å²) in [6.07, 6.45) is 12.7. The van der Waals surface area contributed by atoms with Crippen LogP contribution in [0.15, 0.2) is 48.8 Å². The van der Waals surface area contributed by atoms with Crippen molar-refractivity contribution in [3.05, 3.63) is 48.8 Å². The molecule has 0 saturated heterocycles. The van der Waals surface area contributed by atoms with Crippen molar-refractivity contribution in [2.75, 3.05) is 5.32 Å². The molecule has 110 valence electrons. The lowest BCUT2D eigenvalue weighted by Gasteiger charge is -2.30. The standard InChI is InChI=1S/C19H24N2/c1-2-12-21(11-1)19-8-4-7-18(14-19)20-17-6-3-5-16(13-17)15-9-10-15/h1-2,4,7-8,11-12,14-17,20H,3,5-6,9-10,13H2. The fraction of sp³-hybridized carbons (Fsp3) is 0.474. The van der Waals surface area contributed by atoms with Crippen molar-refractivity contribution in [2.45, 2.75) is 44.6 Å². The van der Waals surface area contributed by atoms with E-state index in [2.05, 4.69) is 58.7 Å². The van der Waals surface area contributed by atoms with E-state index < -0.39 is 0 Å². The van der Waals surface area contributed by atoms with Crippen molar-refractivity contribution in [2.24, 2.45) is 11.8 Å². The SMILES string of the molecule is c1cc(NC2CCCC(C3CC3)C2)cc(-n2cccc2)c1. The van der Waals surface area contributed by atoms with Gasteiger partial charge in [0, 0.05) is 29.8 Å². The second-order valence-corrected chi connectivity index (χ2v) is 6.75. The van der Waals surface area contributed by atoms with Gasteiger partial charge in [-0.1, -0.05) is 18.9 Å². The van der Waals surface area contributed by atoms with Crippen molar-refractivity contribution < 1.29 is 0 Å². The molecular formula is C19H24N2. The zero-order chi connectivity index (χ0) is 14.1. The maximum atomic E-state index is 3.78. The summed E-state index contributed by atoms with van der Waals surface area (Å²) in [4.78, 5) is 0. The molecule has 2 aromatic rings. The molecule has 2 fully saturated rings. The minimum atomic E-state index is 0.671. The molecule has 2 aliphatic carbocycles. The number of hydrogen-bond acceptors (Lipinski definition) is 1. The van der Waals surface area contributed by atoms with Gasteiger partial charge in [-0.2, -0.15) is 0 Å². The van der Waals surface area contributed by atoms with E-state index in [1.807, 2.05) is 0 Å². The molecule has 4 rings (SSSR count). The zero-order valence-electron chi connectivity index (χ0n) is 12.5. The van der Waals surface area contributed by atoms with Crippen LogP contribution in [-0.4, -0.2) is 10.6 Å². The maximum Gasteiger partial charge on any atom is 0.0469 e. The Morgan fingerprint density at radius 2 is 1.76 bits per heavy atom. The summed E-state index contributed by atoms with van der Waals surface area (Å²) >= 11 is 0. The largest absolute Gasteiger partial charge is 0.382 e. The third-order valence-electron chi connectivity index (χ3n) is 5.12. The van der Waals surface area contributed by atoms with Gasteiger partial charge in [0.1, 0.15) is 0 Å². The minimum absolute atomic E-state index is 0.671. The molecule has 1 aromatic carbocycles. The van der Waals surface area contributed by atoms with Gasteiger partial charge in [0.2, 0.25) is 0 Å². The molecule has 21 heavy (non-hydrogen) atoms. The van der Waals surface area contributed by atoms with Gasteiger partial charge in [-0.3, -0.25) is 0 Å². The third-order valence-corrected chi connectivity index (χ3v) is 5.12. The molecule has 2 saturated carbocycles. The van der Waals surface area contributed by atoms with Gasteiger partial charge in [-0.05, 0) is 67.9 Å². The molecule has 1 heterocycles. The number of hydrogen-bond donors (Lipinski definition) is 1. The van der Waals surface area contributed by atoms with Gasteiger partial charge < -0.3 is 9.88 Å². The zero-order valence-corrected chi connectivity index (χ0v) is 12.5. The Kier molecular flexibility index (Phi) is 3.46. The third kappa shape index (κ3) is 2.99. The van der Waals surface area contributed by atoms with Crippen LogP contribution < -0.4 is 5.32 Å². The predicted molar refractivity (Wildman–Crippen MR) is 87.9 cm³/mol. The van der Waals surface area contributed by atoms with Gasteiger partial charge in [-0.15, -0.1) is 0 Å². The van der Waals surface area contributed by atoms with Crippen LogP contribution in [0.3, 0.4) is 0 Å². The highest BCUT2D eigenvalue weighted by Crippen LogP contribution is 2.44. The summed E-state index contributed by atoms with van der Waals surface area (Å²) in [5.74, 6) is 2.05. The Hall–Kier alpha value is -1.70. The van der Waals surface area contributed by atoms with Gasteiger partial charge in [0.25, 0.3) is 0 Å². The smallest absolute Gasteiger partial charge is 0.0469 e. The summed E-state index contributed by atoms with van der Waals surface area (Å²) in [5.41, 5.74) is 2.50. The minimum Gasteiger partial charge on any atom is -0.382 e. The number of aromatic nitrogens is 1. The van der Waals surface area contributed by atoms with Crippen molar-refractivity contribution >= 4 is 5.69 Å². The van der Waals surface area contributed by atoms with Crippen LogP contribution in [0.4, 0.5) is 5.69 Å². The van der Waals surface area contributed by atoms with E-state index >= 15 is 0 Å². The van der Waals surface area contributed by atoms with Gasteiger partial charge in [0.05, 0.1) is 0 Å². The highest BCUT2D eigenvalue weighted by atomic mass is 15.0. The van der Waals surface area contributed by atoms with E-state index in [0.717, 1.165) is 11.8 Å². The first-order valence-electron chi connectivity index (χ1n) is 8.38. The maximum absolute atomic E-state index is 3.78. The number of nitrogens with one attached hydrogen (secondary N) is 1. The normalized spacial score (nSPS) is 25.7. The van der Waals surface area contributed by atoms with Crippen LogP contribution in [-0.2, 0) is 0 Å². The summed E-state index contributed by atoms with van der Waals surface area (Å²) < 4.78 is 2.17. The number of rotatable bonds is 4. The molecule has 2 aliphatic rings. The molecule has 2 atom stereocenters. The first kappa shape index (κ1) is 13.0. The molecule has 1 N–H and O–H groups in total. The van der Waals surface area contributed by atoms with Crippen LogP contribution in [0, 0.1) is 11.8 Å². The molecule has 2 unspecified atom stereocenters. The van der Waals surface area contributed by atoms with Crippen LogP contribution in [0.25, 0.3) is 5.69 Å². The molecule has 0 bridgehead atoms. The average Bonchev–Trinajstić information content (AvgIpc) is 3.23. The Bertz CT molecular complexity index is 583. The summed E-state index contributed by atoms with van der Waals surface area (Å²) in [6, 6.07) is 13.6. The number of nitrogens with zero attached hydrogens (tertiary/aromatic N) is 1. The fourth-order valence-electron chi connectivity index (χ4n) is 3.85. The van der Waals surface area contributed by atoms with Gasteiger partial charge in [-0.25, -0.2) is 0 Å². The summed E-state index contributed by atoms with van der Waals surface area (Å²) in [5, 5.41) is 3.78. The molecule has 0 radical (unpaired) electrons. The Morgan fingerprint density at radius 1 is 0.905 bits per heavy atom. The second kappa shape index (κ2) is 5.59. The molecule has 2 heteroatoms. The van der Waals surface area contributed by atoms with Crippen LogP contribution in [0.5, 0.6) is 0 Å². The molecular weight excluding hydrogens is 256 g/mol. The van der Waals surface area contributed by atoms with E-state index in [1.165, 1.54) is 49.9 Å². The lowest BCUT2D eigenvalue weighted by molar-refractivity contribution is 0.303. The van der Waals surface area contributed by atoms with Crippen molar-refractivity contribution in [1.29, 1.82) is 0 Å². The lowest BCUT2D eigenvalue weighted by Crippen LogP contribution is -2.28. The predicted octanol–water partition coefficient (Wildman–Crippen LogP) is 4.86. The molecule has 0 spiro atoms. The van der Waals surface area contributed by atoms with E-state index in [9.17, 15) is 0 Å². The van der Waals surface area contributed by atoms with Crippen molar-refractivity contribution in [1.82, 2.24) is 4.57 Å². The van der Waals surface area contributed by atoms with E-state index in [1.54, 1.807) is 0 Å². The molecule has 1 aromatic heterocycles. The van der Waals surface area contributed by atoms with Crippen molar-refractivity contribution in [3.63, 3.8) is 0 Å². The van der Waals surface area contributed by atoms with Crippen LogP contribution >= 0.6 is 0 Å². The summed E-state index contributed by atoms with van der Waals surface area (Å²) in [6.45, 7) is 0. The van der Waals surface area contributed by atoms with Gasteiger partial charge in [0.15, 0.2) is 0 Å². The molecule has 0 amide bonds. The second-order valence-electron chi connectivity index (χ2n) is 6.75. The van der Waals surface area contributed by atoms with E-state index in [4.69, 9.17) is 0 Å². The van der Waals surface area contributed by atoms with Crippen molar-refractivity contribution in [3.8, 4) is 5.69 Å². The molecule has 0 aliphatic heterocycles. The fourth-order valence-corrected chi connectivity index (χ4v) is 3.85. The number of benzene rings is 1. The highest BCUT2D eigenvalue weighted by Gasteiger charge is 2.34. The van der Waals surface area contributed by atoms with Crippen LogP contribution in [0.1, 0.15) is 38.5 Å². The Labute approximate surface area is 127 Å². The first-order chi connectivity index (χ1) is 10.4. The van der Waals surface area contributed by atoms with E-state index in [0.29, 0.717) is 6.04 Å². The Balaban J connectivity index is 1.45. The highest BCUT2D eigenvalue weighted by molar-refractivity contribution is 5.52. The topological polar surface area (TPSA) is 17.0 Å². The quantitative estimate of drug-likeness (QED) is 0.846. The van der Waals surface area contributed by atoms with E-state index in [-0.39, 0.29) is 0 Å². The van der Waals surface area contributed by atoms with Gasteiger partial charge >= 0.3 is 0 Å². The Morgan fingerprint density at radius 3 is 2.57 bits per heavy atom. The summed E-state index contributed by atoms with van der Waals surface area (Å²) in [7, 11) is 0. The van der Waals surface area contributed by atoms with Crippen LogP contribution in [0.2, 0.25) is 0 Å². The average molecular weight is 280 g/mol. The monoisotopic (exact) mass is 280 g/mol.